The molecule has 5 rings (SSSR count). The van der Waals surface area contributed by atoms with Crippen molar-refractivity contribution in [2.75, 3.05) is 19.0 Å². The van der Waals surface area contributed by atoms with Gasteiger partial charge in [-0.2, -0.15) is 5.10 Å². The van der Waals surface area contributed by atoms with Gasteiger partial charge in [-0.05, 0) is 62.4 Å². The minimum absolute atomic E-state index is 0.181. The molecule has 3 aromatic rings. The summed E-state index contributed by atoms with van der Waals surface area (Å²) in [5.74, 6) is 0.543. The second kappa shape index (κ2) is 8.96. The largest absolute Gasteiger partial charge is 0.481 e. The summed E-state index contributed by atoms with van der Waals surface area (Å²) >= 11 is 0. The minimum atomic E-state index is -0.365. The van der Waals surface area contributed by atoms with E-state index in [4.69, 9.17) is 9.84 Å². The number of rotatable bonds is 5. The molecular formula is C25H29N5O4. The first-order valence-corrected chi connectivity index (χ1v) is 11.8. The number of ether oxygens (including phenoxy) is 1. The molecule has 0 radical (unpaired) electrons. The molecule has 0 unspecified atom stereocenters. The smallest absolute Gasteiger partial charge is 0.274 e. The third-order valence-corrected chi connectivity index (χ3v) is 7.04. The molecule has 9 nitrogen and oxygen atoms in total. The molecule has 0 atom stereocenters. The van der Waals surface area contributed by atoms with Crippen LogP contribution in [0.1, 0.15) is 54.9 Å². The summed E-state index contributed by atoms with van der Waals surface area (Å²) in [4.78, 5) is 39.3. The standard InChI is InChI=1S/C25H29N5O4/c1-28-13-3-5-21(24(28)33)26-23(32)16-7-12-20-19(15-16)25(34-2)30(27-20)18-10-8-17(9-11-18)29-14-4-6-22(29)31/h3,5,7,12-13,15,17-18H,4,6,8-11,14H2,1-2H3,(H,26,32). The van der Waals surface area contributed by atoms with Gasteiger partial charge in [0.2, 0.25) is 11.8 Å². The van der Waals surface area contributed by atoms with Crippen molar-refractivity contribution >= 4 is 28.4 Å². The van der Waals surface area contributed by atoms with Crippen LogP contribution in [-0.4, -0.2) is 50.8 Å². The van der Waals surface area contributed by atoms with Gasteiger partial charge in [-0.1, -0.05) is 0 Å². The van der Waals surface area contributed by atoms with Gasteiger partial charge in [0.05, 0.1) is 24.1 Å². The lowest BCUT2D eigenvalue weighted by Gasteiger charge is -2.34. The van der Waals surface area contributed by atoms with Crippen molar-refractivity contribution in [3.05, 3.63) is 52.4 Å². The summed E-state index contributed by atoms with van der Waals surface area (Å²) in [6.07, 6.45) is 7.02. The highest BCUT2D eigenvalue weighted by molar-refractivity contribution is 6.06. The van der Waals surface area contributed by atoms with E-state index in [0.717, 1.165) is 49.6 Å². The molecule has 2 fully saturated rings. The fraction of sp³-hybridized carbons (Fsp3) is 0.440. The molecular weight excluding hydrogens is 434 g/mol. The van der Waals surface area contributed by atoms with Gasteiger partial charge in [-0.25, -0.2) is 4.68 Å². The van der Waals surface area contributed by atoms with Gasteiger partial charge in [-0.15, -0.1) is 0 Å². The first-order valence-electron chi connectivity index (χ1n) is 11.8. The Labute approximate surface area is 197 Å². The molecule has 1 aliphatic carbocycles. The van der Waals surface area contributed by atoms with Gasteiger partial charge >= 0.3 is 0 Å². The van der Waals surface area contributed by atoms with Crippen LogP contribution in [0.25, 0.3) is 10.9 Å². The Hall–Kier alpha value is -3.62. The number of pyridine rings is 1. The van der Waals surface area contributed by atoms with Gasteiger partial charge in [0.15, 0.2) is 0 Å². The summed E-state index contributed by atoms with van der Waals surface area (Å²) in [5, 5.41) is 8.24. The molecule has 1 aliphatic heterocycles. The second-order valence-corrected chi connectivity index (χ2v) is 9.13. The Kier molecular flexibility index (Phi) is 5.85. The summed E-state index contributed by atoms with van der Waals surface area (Å²) in [5.41, 5.74) is 1.13. The number of carbonyl (C=O) groups is 2. The number of carbonyl (C=O) groups excluding carboxylic acids is 2. The zero-order valence-electron chi connectivity index (χ0n) is 19.5. The number of likely N-dealkylation sites (tertiary alicyclic amines) is 1. The Balaban J connectivity index is 1.37. The molecule has 3 heterocycles. The number of hydrogen-bond acceptors (Lipinski definition) is 5. The number of anilines is 1. The lowest BCUT2D eigenvalue weighted by Crippen LogP contribution is -2.39. The number of fused-ring (bicyclic) bond motifs is 1. The minimum Gasteiger partial charge on any atom is -0.481 e. The van der Waals surface area contributed by atoms with E-state index in [-0.39, 0.29) is 29.1 Å². The van der Waals surface area contributed by atoms with Crippen LogP contribution in [-0.2, 0) is 11.8 Å². The maximum Gasteiger partial charge on any atom is 0.274 e. The van der Waals surface area contributed by atoms with E-state index < -0.39 is 0 Å². The molecule has 1 aromatic carbocycles. The molecule has 1 saturated carbocycles. The molecule has 2 aliphatic rings. The van der Waals surface area contributed by atoms with Crippen molar-refractivity contribution in [3.63, 3.8) is 0 Å². The Morgan fingerprint density at radius 2 is 1.88 bits per heavy atom. The van der Waals surface area contributed by atoms with Gasteiger partial charge in [0.1, 0.15) is 5.69 Å². The van der Waals surface area contributed by atoms with Gasteiger partial charge in [0, 0.05) is 37.8 Å². The van der Waals surface area contributed by atoms with Crippen LogP contribution >= 0.6 is 0 Å². The van der Waals surface area contributed by atoms with Crippen LogP contribution in [0.3, 0.4) is 0 Å². The molecule has 178 valence electrons. The molecule has 9 heteroatoms. The molecule has 1 saturated heterocycles. The topological polar surface area (TPSA) is 98.5 Å². The SMILES string of the molecule is COc1c2cc(C(=O)Nc3cccn(C)c3=O)ccc2nn1C1CCC(N2CCCC2=O)CC1. The zero-order valence-corrected chi connectivity index (χ0v) is 19.5. The first-order chi connectivity index (χ1) is 16.5. The molecule has 2 aromatic heterocycles. The van der Waals surface area contributed by atoms with Gasteiger partial charge < -0.3 is 19.5 Å². The quantitative estimate of drug-likeness (QED) is 0.627. The number of aromatic nitrogens is 3. The third-order valence-electron chi connectivity index (χ3n) is 7.04. The second-order valence-electron chi connectivity index (χ2n) is 9.13. The highest BCUT2D eigenvalue weighted by atomic mass is 16.5. The highest BCUT2D eigenvalue weighted by Gasteiger charge is 2.33. The molecule has 0 bridgehead atoms. The van der Waals surface area contributed by atoms with Crippen LogP contribution in [0.15, 0.2) is 41.3 Å². The Bertz CT molecular complexity index is 1300. The van der Waals surface area contributed by atoms with Crippen molar-refractivity contribution in [1.82, 2.24) is 19.2 Å². The number of hydrogen-bond donors (Lipinski definition) is 1. The van der Waals surface area contributed by atoms with E-state index in [1.165, 1.54) is 4.57 Å². The maximum atomic E-state index is 12.9. The molecule has 2 amide bonds. The number of aryl methyl sites for hydroxylation is 1. The van der Waals surface area contributed by atoms with Crippen LogP contribution in [0.4, 0.5) is 5.69 Å². The van der Waals surface area contributed by atoms with E-state index in [1.54, 1.807) is 50.7 Å². The van der Waals surface area contributed by atoms with Crippen LogP contribution in [0, 0.1) is 0 Å². The lowest BCUT2D eigenvalue weighted by atomic mass is 9.90. The Morgan fingerprint density at radius 3 is 2.59 bits per heavy atom. The zero-order chi connectivity index (χ0) is 23.8. The normalized spacial score (nSPS) is 20.6. The van der Waals surface area contributed by atoms with Crippen molar-refractivity contribution in [1.29, 1.82) is 0 Å². The monoisotopic (exact) mass is 463 g/mol. The van der Waals surface area contributed by atoms with Crippen molar-refractivity contribution in [2.24, 2.45) is 7.05 Å². The molecule has 0 spiro atoms. The number of nitrogens with one attached hydrogen (secondary N) is 1. The predicted octanol–water partition coefficient (Wildman–Crippen LogP) is 3.10. The summed E-state index contributed by atoms with van der Waals surface area (Å²) in [6.45, 7) is 0.878. The lowest BCUT2D eigenvalue weighted by molar-refractivity contribution is -0.130. The number of amides is 2. The maximum absolute atomic E-state index is 12.9. The van der Waals surface area contributed by atoms with Crippen LogP contribution < -0.4 is 15.6 Å². The summed E-state index contributed by atoms with van der Waals surface area (Å²) < 4.78 is 9.08. The fourth-order valence-corrected chi connectivity index (χ4v) is 5.23. The third kappa shape index (κ3) is 3.95. The number of methoxy groups -OCH3 is 1. The van der Waals surface area contributed by atoms with Gasteiger partial charge in [-0.3, -0.25) is 14.4 Å². The number of benzene rings is 1. The van der Waals surface area contributed by atoms with E-state index >= 15 is 0 Å². The predicted molar refractivity (Wildman–Crippen MR) is 128 cm³/mol. The van der Waals surface area contributed by atoms with Crippen molar-refractivity contribution in [2.45, 2.75) is 50.6 Å². The molecule has 34 heavy (non-hydrogen) atoms. The van der Waals surface area contributed by atoms with E-state index in [1.807, 2.05) is 4.68 Å². The summed E-state index contributed by atoms with van der Waals surface area (Å²) in [7, 11) is 3.25. The molecule has 1 N–H and O–H groups in total. The van der Waals surface area contributed by atoms with Crippen molar-refractivity contribution < 1.29 is 14.3 Å². The highest BCUT2D eigenvalue weighted by Crippen LogP contribution is 2.37. The van der Waals surface area contributed by atoms with Crippen LogP contribution in [0.5, 0.6) is 5.88 Å². The van der Waals surface area contributed by atoms with Crippen molar-refractivity contribution in [3.8, 4) is 5.88 Å². The first kappa shape index (κ1) is 22.2. The van der Waals surface area contributed by atoms with E-state index in [9.17, 15) is 14.4 Å². The van der Waals surface area contributed by atoms with Crippen LogP contribution in [0.2, 0.25) is 0 Å². The number of nitrogens with zero attached hydrogens (tertiary/aromatic N) is 4. The van der Waals surface area contributed by atoms with E-state index in [0.29, 0.717) is 23.9 Å². The fourth-order valence-electron chi connectivity index (χ4n) is 5.23. The Morgan fingerprint density at radius 1 is 1.12 bits per heavy atom. The summed E-state index contributed by atoms with van der Waals surface area (Å²) in [6, 6.07) is 9.07. The average molecular weight is 464 g/mol. The van der Waals surface area contributed by atoms with E-state index in [2.05, 4.69) is 10.2 Å². The average Bonchev–Trinajstić information content (AvgIpc) is 3.44. The van der Waals surface area contributed by atoms with Gasteiger partial charge in [0.25, 0.3) is 11.5 Å².